The summed E-state index contributed by atoms with van der Waals surface area (Å²) in [6.45, 7) is 8.02. The van der Waals surface area contributed by atoms with Crippen molar-refractivity contribution in [2.75, 3.05) is 13.7 Å². The third-order valence-electron chi connectivity index (χ3n) is 5.08. The van der Waals surface area contributed by atoms with E-state index in [4.69, 9.17) is 4.74 Å². The van der Waals surface area contributed by atoms with Gasteiger partial charge in [-0.2, -0.15) is 0 Å². The zero-order valence-corrected chi connectivity index (χ0v) is 14.2. The Hall–Kier alpha value is -1.02. The topological polar surface area (TPSA) is 21.3 Å². The van der Waals surface area contributed by atoms with Gasteiger partial charge in [-0.25, -0.2) is 0 Å². The Balaban J connectivity index is 2.30. The lowest BCUT2D eigenvalue weighted by molar-refractivity contribution is 0.144. The van der Waals surface area contributed by atoms with E-state index in [9.17, 15) is 0 Å². The highest BCUT2D eigenvalue weighted by Gasteiger charge is 2.36. The summed E-state index contributed by atoms with van der Waals surface area (Å²) in [4.78, 5) is 0. The molecule has 0 aliphatic heterocycles. The Morgan fingerprint density at radius 2 is 1.95 bits per heavy atom. The monoisotopic (exact) mass is 289 g/mol. The molecule has 1 aliphatic rings. The van der Waals surface area contributed by atoms with Gasteiger partial charge in [-0.1, -0.05) is 39.2 Å². The fraction of sp³-hybridized carbons (Fsp3) is 0.684. The van der Waals surface area contributed by atoms with E-state index < -0.39 is 0 Å². The first kappa shape index (κ1) is 16.4. The lowest BCUT2D eigenvalue weighted by Crippen LogP contribution is -2.38. The maximum atomic E-state index is 5.36. The molecule has 2 rings (SSSR count). The zero-order valence-electron chi connectivity index (χ0n) is 14.2. The van der Waals surface area contributed by atoms with Crippen molar-refractivity contribution in [3.63, 3.8) is 0 Å². The summed E-state index contributed by atoms with van der Waals surface area (Å²) in [6.07, 6.45) is 7.99. The third-order valence-corrected chi connectivity index (χ3v) is 5.08. The molecule has 2 heteroatoms. The first-order chi connectivity index (χ1) is 10.1. The van der Waals surface area contributed by atoms with Gasteiger partial charge in [0.1, 0.15) is 5.75 Å². The van der Waals surface area contributed by atoms with E-state index >= 15 is 0 Å². The van der Waals surface area contributed by atoms with Crippen LogP contribution in [0.15, 0.2) is 18.2 Å². The van der Waals surface area contributed by atoms with Gasteiger partial charge in [0, 0.05) is 6.04 Å². The van der Waals surface area contributed by atoms with E-state index in [0.717, 1.165) is 12.3 Å². The van der Waals surface area contributed by atoms with Crippen LogP contribution in [0.1, 0.15) is 69.5 Å². The molecule has 0 radical (unpaired) electrons. The van der Waals surface area contributed by atoms with E-state index in [1.165, 1.54) is 49.7 Å². The summed E-state index contributed by atoms with van der Waals surface area (Å²) >= 11 is 0. The van der Waals surface area contributed by atoms with Gasteiger partial charge in [-0.15, -0.1) is 0 Å². The van der Waals surface area contributed by atoms with Crippen molar-refractivity contribution in [1.82, 2.24) is 5.32 Å². The van der Waals surface area contributed by atoms with Crippen LogP contribution in [0.25, 0.3) is 0 Å². The van der Waals surface area contributed by atoms with Gasteiger partial charge < -0.3 is 10.1 Å². The Kier molecular flexibility index (Phi) is 5.69. The predicted octanol–water partition coefficient (Wildman–Crippen LogP) is 5.01. The second-order valence-electron chi connectivity index (χ2n) is 6.82. The van der Waals surface area contributed by atoms with Crippen LogP contribution in [-0.4, -0.2) is 13.7 Å². The second kappa shape index (κ2) is 7.31. The minimum atomic E-state index is 0.382. The second-order valence-corrected chi connectivity index (χ2v) is 6.82. The molecule has 1 aliphatic carbocycles. The van der Waals surface area contributed by atoms with E-state index in [2.05, 4.69) is 44.3 Å². The predicted molar refractivity (Wildman–Crippen MR) is 90.0 cm³/mol. The molecule has 0 aromatic heterocycles. The number of hydrogen-bond donors (Lipinski definition) is 1. The molecule has 1 saturated carbocycles. The standard InChI is InChI=1S/C19H31NO/c1-5-13-20-18(19(3)11-7-6-8-12-19)17-10-9-16(21-4)14-15(17)2/h9-10,14,18,20H,5-8,11-13H2,1-4H3. The average molecular weight is 289 g/mol. The SMILES string of the molecule is CCCNC(c1ccc(OC)cc1C)C1(C)CCCCC1. The van der Waals surface area contributed by atoms with E-state index in [1.807, 2.05) is 0 Å². The smallest absolute Gasteiger partial charge is 0.119 e. The molecule has 21 heavy (non-hydrogen) atoms. The highest BCUT2D eigenvalue weighted by molar-refractivity contribution is 5.37. The van der Waals surface area contributed by atoms with Crippen molar-refractivity contribution in [2.24, 2.45) is 5.41 Å². The molecule has 1 aromatic rings. The number of benzene rings is 1. The van der Waals surface area contributed by atoms with Gasteiger partial charge in [0.05, 0.1) is 7.11 Å². The molecule has 0 amide bonds. The molecule has 1 atom stereocenters. The van der Waals surface area contributed by atoms with Crippen LogP contribution < -0.4 is 10.1 Å². The molecule has 1 aromatic carbocycles. The van der Waals surface area contributed by atoms with Crippen molar-refractivity contribution in [3.05, 3.63) is 29.3 Å². The Labute approximate surface area is 130 Å². The van der Waals surface area contributed by atoms with Gasteiger partial charge in [-0.05, 0) is 61.4 Å². The molecule has 1 N–H and O–H groups in total. The Bertz CT molecular complexity index is 449. The summed E-state index contributed by atoms with van der Waals surface area (Å²) in [5.41, 5.74) is 3.18. The van der Waals surface area contributed by atoms with Gasteiger partial charge in [0.25, 0.3) is 0 Å². The van der Waals surface area contributed by atoms with Crippen LogP contribution in [0, 0.1) is 12.3 Å². The van der Waals surface area contributed by atoms with Crippen molar-refractivity contribution < 1.29 is 4.74 Å². The Morgan fingerprint density at radius 1 is 1.24 bits per heavy atom. The molecule has 118 valence electrons. The normalized spacial score (nSPS) is 19.2. The summed E-state index contributed by atoms with van der Waals surface area (Å²) < 4.78 is 5.36. The van der Waals surface area contributed by atoms with Crippen molar-refractivity contribution in [1.29, 1.82) is 0 Å². The first-order valence-electron chi connectivity index (χ1n) is 8.48. The van der Waals surface area contributed by atoms with Crippen LogP contribution in [0.5, 0.6) is 5.75 Å². The molecule has 1 unspecified atom stereocenters. The fourth-order valence-corrected chi connectivity index (χ4v) is 3.77. The maximum Gasteiger partial charge on any atom is 0.119 e. The van der Waals surface area contributed by atoms with Crippen molar-refractivity contribution >= 4 is 0 Å². The molecule has 0 spiro atoms. The van der Waals surface area contributed by atoms with Gasteiger partial charge in [-0.3, -0.25) is 0 Å². The van der Waals surface area contributed by atoms with Crippen molar-refractivity contribution in [3.8, 4) is 5.75 Å². The maximum absolute atomic E-state index is 5.36. The van der Waals surface area contributed by atoms with E-state index in [-0.39, 0.29) is 0 Å². The molecule has 1 fully saturated rings. The van der Waals surface area contributed by atoms with Crippen LogP contribution >= 0.6 is 0 Å². The van der Waals surface area contributed by atoms with Crippen molar-refractivity contribution in [2.45, 2.75) is 65.3 Å². The average Bonchev–Trinajstić information content (AvgIpc) is 2.49. The largest absolute Gasteiger partial charge is 0.497 e. The Morgan fingerprint density at radius 3 is 2.52 bits per heavy atom. The molecule has 2 nitrogen and oxygen atoms in total. The molecular formula is C19H31NO. The lowest BCUT2D eigenvalue weighted by Gasteiger charge is -2.42. The number of ether oxygens (including phenoxy) is 1. The lowest BCUT2D eigenvalue weighted by atomic mass is 9.68. The van der Waals surface area contributed by atoms with Gasteiger partial charge >= 0.3 is 0 Å². The minimum absolute atomic E-state index is 0.382. The van der Waals surface area contributed by atoms with E-state index in [0.29, 0.717) is 11.5 Å². The number of methoxy groups -OCH3 is 1. The summed E-state index contributed by atoms with van der Waals surface area (Å²) in [5, 5.41) is 3.83. The molecular weight excluding hydrogens is 258 g/mol. The van der Waals surface area contributed by atoms with Crippen LogP contribution in [0.2, 0.25) is 0 Å². The minimum Gasteiger partial charge on any atom is -0.497 e. The van der Waals surface area contributed by atoms with E-state index in [1.54, 1.807) is 7.11 Å². The van der Waals surface area contributed by atoms with Gasteiger partial charge in [0.15, 0.2) is 0 Å². The highest BCUT2D eigenvalue weighted by Crippen LogP contribution is 2.46. The quantitative estimate of drug-likeness (QED) is 0.794. The number of aryl methyl sites for hydroxylation is 1. The third kappa shape index (κ3) is 3.79. The summed E-state index contributed by atoms with van der Waals surface area (Å²) in [7, 11) is 1.74. The number of hydrogen-bond acceptors (Lipinski definition) is 2. The van der Waals surface area contributed by atoms with Crippen LogP contribution in [-0.2, 0) is 0 Å². The van der Waals surface area contributed by atoms with Crippen LogP contribution in [0.4, 0.5) is 0 Å². The summed E-state index contributed by atoms with van der Waals surface area (Å²) in [6, 6.07) is 7.00. The zero-order chi connectivity index (χ0) is 15.3. The number of nitrogens with one attached hydrogen (secondary N) is 1. The molecule has 0 saturated heterocycles. The van der Waals surface area contributed by atoms with Gasteiger partial charge in [0.2, 0.25) is 0 Å². The molecule has 0 bridgehead atoms. The molecule has 0 heterocycles. The fourth-order valence-electron chi connectivity index (χ4n) is 3.77. The number of rotatable bonds is 6. The summed E-state index contributed by atoms with van der Waals surface area (Å²) in [5.74, 6) is 0.958. The highest BCUT2D eigenvalue weighted by atomic mass is 16.5. The van der Waals surface area contributed by atoms with Crippen LogP contribution in [0.3, 0.4) is 0 Å². The first-order valence-corrected chi connectivity index (χ1v) is 8.48.